The van der Waals surface area contributed by atoms with E-state index >= 15 is 0 Å². The van der Waals surface area contributed by atoms with Crippen molar-refractivity contribution in [3.63, 3.8) is 0 Å². The van der Waals surface area contributed by atoms with Crippen molar-refractivity contribution in [2.24, 2.45) is 10.2 Å². The van der Waals surface area contributed by atoms with Crippen LogP contribution in [0.15, 0.2) is 10.2 Å². The summed E-state index contributed by atoms with van der Waals surface area (Å²) in [6.45, 7) is 0. The standard InChI is InChI=1S/C5H12N4S2/c1-6-7-5(10)8(2)9(3,4)11/h1-4H3. The molecule has 0 aliphatic rings. The minimum Gasteiger partial charge on any atom is -0.464 e. The van der Waals surface area contributed by atoms with E-state index < -0.39 is 0 Å². The molecule has 0 bridgehead atoms. The molecule has 0 radical (unpaired) electrons. The maximum absolute atomic E-state index is 5.07. The van der Waals surface area contributed by atoms with Crippen LogP contribution in [0.25, 0.3) is 0 Å². The van der Waals surface area contributed by atoms with Gasteiger partial charge in [-0.25, -0.2) is 5.01 Å². The van der Waals surface area contributed by atoms with Crippen molar-refractivity contribution in [2.45, 2.75) is 0 Å². The Kier molecular flexibility index (Phi) is 3.91. The number of azo groups is 1. The highest BCUT2D eigenvalue weighted by Gasteiger charge is 2.11. The molecule has 0 saturated heterocycles. The van der Waals surface area contributed by atoms with Crippen LogP contribution < -0.4 is 0 Å². The van der Waals surface area contributed by atoms with Crippen LogP contribution in [0.2, 0.25) is 0 Å². The average molecular weight is 192 g/mol. The smallest absolute Gasteiger partial charge is 0.260 e. The van der Waals surface area contributed by atoms with Crippen LogP contribution in [0.1, 0.15) is 0 Å². The Morgan fingerprint density at radius 2 is 2.00 bits per heavy atom. The van der Waals surface area contributed by atoms with Gasteiger partial charge in [0.1, 0.15) is 0 Å². The Hall–Kier alpha value is -0.200. The first-order valence-electron chi connectivity index (χ1n) is 3.02. The summed E-state index contributed by atoms with van der Waals surface area (Å²) in [7, 11) is 7.01. The molecule has 0 atom stereocenters. The largest absolute Gasteiger partial charge is 0.464 e. The quantitative estimate of drug-likeness (QED) is 0.202. The van der Waals surface area contributed by atoms with Crippen molar-refractivity contribution in [2.75, 3.05) is 28.2 Å². The lowest BCUT2D eigenvalue weighted by Crippen LogP contribution is -2.49. The summed E-state index contributed by atoms with van der Waals surface area (Å²) < 4.78 is 0.206. The molecule has 0 spiro atoms. The molecule has 4 nitrogen and oxygen atoms in total. The van der Waals surface area contributed by atoms with Crippen molar-refractivity contribution in [3.05, 3.63) is 0 Å². The second-order valence-electron chi connectivity index (χ2n) is 2.40. The van der Waals surface area contributed by atoms with E-state index in [2.05, 4.69) is 10.2 Å². The van der Waals surface area contributed by atoms with E-state index in [0.29, 0.717) is 5.11 Å². The predicted octanol–water partition coefficient (Wildman–Crippen LogP) is 0.738. The summed E-state index contributed by atoms with van der Waals surface area (Å²) in [5.74, 6) is 0. The van der Waals surface area contributed by atoms with Crippen LogP contribution in [0.4, 0.5) is 0 Å². The van der Waals surface area contributed by atoms with E-state index in [0.717, 1.165) is 0 Å². The van der Waals surface area contributed by atoms with Gasteiger partial charge in [-0.2, -0.15) is 5.11 Å². The number of rotatable bonds is 1. The van der Waals surface area contributed by atoms with Crippen molar-refractivity contribution < 1.29 is 4.00 Å². The van der Waals surface area contributed by atoms with E-state index in [1.165, 1.54) is 0 Å². The molecule has 0 amide bonds. The van der Waals surface area contributed by atoms with Gasteiger partial charge in [-0.3, -0.25) is 0 Å². The Bertz CT molecular complexity index is 172. The summed E-state index contributed by atoms with van der Waals surface area (Å²) >= 11 is 9.98. The van der Waals surface area contributed by atoms with E-state index in [9.17, 15) is 0 Å². The summed E-state index contributed by atoms with van der Waals surface area (Å²) in [4.78, 5) is 0. The van der Waals surface area contributed by atoms with Crippen LogP contribution in [-0.4, -0.2) is 42.3 Å². The summed E-state index contributed by atoms with van der Waals surface area (Å²) in [5.41, 5.74) is 0. The third-order valence-electron chi connectivity index (χ3n) is 1.18. The van der Waals surface area contributed by atoms with E-state index in [4.69, 9.17) is 25.0 Å². The van der Waals surface area contributed by atoms with Crippen LogP contribution in [0, 0.1) is 0 Å². The lowest BCUT2D eigenvalue weighted by Gasteiger charge is -2.42. The van der Waals surface area contributed by atoms with E-state index in [1.807, 2.05) is 14.1 Å². The van der Waals surface area contributed by atoms with Crippen molar-refractivity contribution >= 4 is 30.1 Å². The monoisotopic (exact) mass is 192 g/mol. The molecule has 64 valence electrons. The topological polar surface area (TPSA) is 28.0 Å². The van der Waals surface area contributed by atoms with Gasteiger partial charge in [-0.15, -0.1) is 5.11 Å². The summed E-state index contributed by atoms with van der Waals surface area (Å²) in [6, 6.07) is 0. The summed E-state index contributed by atoms with van der Waals surface area (Å²) in [6.07, 6.45) is 0. The van der Waals surface area contributed by atoms with Gasteiger partial charge in [-0.05, 0) is 12.2 Å². The molecule has 0 aromatic carbocycles. The predicted molar refractivity (Wildman–Crippen MR) is 50.6 cm³/mol. The van der Waals surface area contributed by atoms with Crippen LogP contribution >= 0.6 is 12.2 Å². The van der Waals surface area contributed by atoms with Gasteiger partial charge >= 0.3 is 0 Å². The fraction of sp³-hybridized carbons (Fsp3) is 0.800. The molecule has 0 rings (SSSR count). The molecule has 0 N–H and O–H groups in total. The lowest BCUT2D eigenvalue weighted by atomic mass is 10.9. The highest BCUT2D eigenvalue weighted by atomic mass is 32.1. The molecule has 0 heterocycles. The van der Waals surface area contributed by atoms with Crippen LogP contribution in [-0.2, 0) is 12.8 Å². The second kappa shape index (κ2) is 3.99. The first kappa shape index (κ1) is 10.8. The molecule has 0 aliphatic heterocycles. The second-order valence-corrected chi connectivity index (χ2v) is 3.66. The first-order chi connectivity index (χ1) is 4.89. The molecular weight excluding hydrogens is 180 g/mol. The van der Waals surface area contributed by atoms with Crippen LogP contribution in [0.5, 0.6) is 0 Å². The molecule has 0 aromatic rings. The zero-order valence-corrected chi connectivity index (χ0v) is 8.74. The van der Waals surface area contributed by atoms with Gasteiger partial charge in [-0.1, -0.05) is 0 Å². The lowest BCUT2D eigenvalue weighted by molar-refractivity contribution is -0.860. The molecule has 6 heteroatoms. The third-order valence-corrected chi connectivity index (χ3v) is 1.78. The average Bonchev–Trinajstić information content (AvgIpc) is 1.85. The molecule has 0 aromatic heterocycles. The van der Waals surface area contributed by atoms with Gasteiger partial charge in [0.2, 0.25) is 0 Å². The minimum absolute atomic E-state index is 0.206. The Labute approximate surface area is 78.0 Å². The first-order valence-corrected chi connectivity index (χ1v) is 3.80. The summed E-state index contributed by atoms with van der Waals surface area (Å²) in [5, 5.41) is 9.31. The van der Waals surface area contributed by atoms with Gasteiger partial charge in [0.05, 0.1) is 21.1 Å². The third kappa shape index (κ3) is 3.64. The Morgan fingerprint density at radius 3 is 2.27 bits per heavy atom. The van der Waals surface area contributed by atoms with Crippen molar-refractivity contribution in [1.82, 2.24) is 5.01 Å². The number of quaternary nitrogens is 1. The fourth-order valence-corrected chi connectivity index (χ4v) is 0.771. The van der Waals surface area contributed by atoms with Gasteiger partial charge in [0, 0.05) is 7.05 Å². The number of hydrogen-bond acceptors (Lipinski definition) is 3. The maximum atomic E-state index is 5.07. The zero-order chi connectivity index (χ0) is 9.07. The highest BCUT2D eigenvalue weighted by molar-refractivity contribution is 7.80. The molecule has 11 heavy (non-hydrogen) atoms. The number of thiocarbonyl (C=S) groups is 1. The van der Waals surface area contributed by atoms with Gasteiger partial charge in [0.15, 0.2) is 0 Å². The van der Waals surface area contributed by atoms with Crippen LogP contribution in [0.3, 0.4) is 0 Å². The van der Waals surface area contributed by atoms with E-state index in [1.54, 1.807) is 19.1 Å². The molecule has 0 saturated carbocycles. The Morgan fingerprint density at radius 1 is 1.55 bits per heavy atom. The molecule has 0 unspecified atom stereocenters. The highest BCUT2D eigenvalue weighted by Crippen LogP contribution is 2.01. The molecule has 0 aliphatic carbocycles. The molecule has 0 fully saturated rings. The Balaban J connectivity index is 4.26. The molecular formula is C5H12N4S2. The zero-order valence-electron chi connectivity index (χ0n) is 7.11. The SMILES string of the molecule is CN=NC(=S)N(C)[N+](C)(C)[S-]. The van der Waals surface area contributed by atoms with Gasteiger partial charge < -0.3 is 16.8 Å². The maximum Gasteiger partial charge on any atom is 0.260 e. The fourth-order valence-electron chi connectivity index (χ4n) is 0.356. The van der Waals surface area contributed by atoms with E-state index in [-0.39, 0.29) is 4.00 Å². The normalized spacial score (nSPS) is 12.1. The number of nitrogens with zero attached hydrogens (tertiary/aromatic N) is 4. The van der Waals surface area contributed by atoms with Crippen molar-refractivity contribution in [1.29, 1.82) is 0 Å². The van der Waals surface area contributed by atoms with Gasteiger partial charge in [0.25, 0.3) is 5.11 Å². The minimum atomic E-state index is 0.206. The number of hydrogen-bond donors (Lipinski definition) is 0. The van der Waals surface area contributed by atoms with Crippen molar-refractivity contribution in [3.8, 4) is 0 Å².